The molecule has 8 nitrogen and oxygen atoms in total. The molecule has 0 saturated heterocycles. The summed E-state index contributed by atoms with van der Waals surface area (Å²) in [6.45, 7) is 6.69. The predicted molar refractivity (Wildman–Crippen MR) is 127 cm³/mol. The Balaban J connectivity index is 2.09. The number of carbonyl (C=O) groups excluding carboxylic acids is 3. The van der Waals surface area contributed by atoms with Gasteiger partial charge in [-0.1, -0.05) is 6.92 Å². The largest absolute Gasteiger partial charge is 0.464 e. The van der Waals surface area contributed by atoms with Crippen LogP contribution in [-0.4, -0.2) is 68.2 Å². The molecule has 0 aromatic carbocycles. The number of nitrogens with two attached hydrogens (primary N) is 1. The fraction of sp³-hybridized carbons (Fsp3) is 0.880. The van der Waals surface area contributed by atoms with Crippen LogP contribution in [-0.2, 0) is 19.1 Å². The SMILES string of the molecule is CC1C2CCC(C2)C1CC(CC(CC(C)(C)C(=O)OCCN(C)C)C(=O)NCCO)C(N)=O. The highest BCUT2D eigenvalue weighted by Crippen LogP contribution is 2.54. The van der Waals surface area contributed by atoms with E-state index in [2.05, 4.69) is 12.2 Å². The van der Waals surface area contributed by atoms with Crippen LogP contribution in [0.3, 0.4) is 0 Å². The van der Waals surface area contributed by atoms with E-state index in [1.54, 1.807) is 13.8 Å². The Morgan fingerprint density at radius 1 is 1.18 bits per heavy atom. The van der Waals surface area contributed by atoms with Crippen LogP contribution in [0, 0.1) is 40.9 Å². The number of aliphatic hydroxyl groups is 1. The van der Waals surface area contributed by atoms with Crippen LogP contribution in [0.15, 0.2) is 0 Å². The van der Waals surface area contributed by atoms with Gasteiger partial charge in [-0.15, -0.1) is 0 Å². The zero-order chi connectivity index (χ0) is 24.8. The Kier molecular flexibility index (Phi) is 10.2. The van der Waals surface area contributed by atoms with E-state index >= 15 is 0 Å². The van der Waals surface area contributed by atoms with E-state index in [0.29, 0.717) is 37.1 Å². The van der Waals surface area contributed by atoms with Gasteiger partial charge in [-0.25, -0.2) is 0 Å². The number of fused-ring (bicyclic) bond motifs is 2. The third-order valence-corrected chi connectivity index (χ3v) is 7.93. The van der Waals surface area contributed by atoms with Crippen LogP contribution in [0.25, 0.3) is 0 Å². The van der Waals surface area contributed by atoms with E-state index in [1.807, 2.05) is 19.0 Å². The van der Waals surface area contributed by atoms with Crippen LogP contribution < -0.4 is 11.1 Å². The molecule has 0 heterocycles. The Bertz CT molecular complexity index is 679. The summed E-state index contributed by atoms with van der Waals surface area (Å²) in [5.41, 5.74) is 4.92. The van der Waals surface area contributed by atoms with E-state index < -0.39 is 17.3 Å². The smallest absolute Gasteiger partial charge is 0.311 e. The first-order valence-corrected chi connectivity index (χ1v) is 12.5. The molecule has 0 aromatic rings. The summed E-state index contributed by atoms with van der Waals surface area (Å²) < 4.78 is 5.44. The standard InChI is InChI=1S/C25H45N3O5/c1-16-17-6-7-18(12-17)21(16)14-19(22(26)30)13-20(23(31)27-8-10-29)15-25(2,3)24(32)33-11-9-28(4)5/h16-21,29H,6-15H2,1-5H3,(H2,26,30)(H,27,31). The van der Waals surface area contributed by atoms with Crippen LogP contribution in [0.4, 0.5) is 0 Å². The van der Waals surface area contributed by atoms with Crippen LogP contribution in [0.1, 0.15) is 59.3 Å². The van der Waals surface area contributed by atoms with Crippen molar-refractivity contribution >= 4 is 17.8 Å². The summed E-state index contributed by atoms with van der Waals surface area (Å²) in [5, 5.41) is 11.9. The van der Waals surface area contributed by atoms with Gasteiger partial charge < -0.3 is 25.8 Å². The van der Waals surface area contributed by atoms with Crippen molar-refractivity contribution in [3.63, 3.8) is 0 Å². The minimum atomic E-state index is -0.893. The lowest BCUT2D eigenvalue weighted by molar-refractivity contribution is -0.155. The molecule has 4 N–H and O–H groups in total. The molecule has 6 unspecified atom stereocenters. The van der Waals surface area contributed by atoms with Gasteiger partial charge in [0, 0.05) is 24.9 Å². The zero-order valence-corrected chi connectivity index (χ0v) is 21.1. The Hall–Kier alpha value is -1.67. The lowest BCUT2D eigenvalue weighted by atomic mass is 9.72. The quantitative estimate of drug-likeness (QED) is 0.335. The molecule has 2 saturated carbocycles. The second-order valence-corrected chi connectivity index (χ2v) is 11.2. The molecule has 8 heteroatoms. The molecule has 190 valence electrons. The molecule has 2 bridgehead atoms. The van der Waals surface area contributed by atoms with Crippen molar-refractivity contribution in [3.05, 3.63) is 0 Å². The number of esters is 1. The van der Waals surface area contributed by atoms with Crippen molar-refractivity contribution in [2.75, 3.05) is 40.4 Å². The maximum absolute atomic E-state index is 13.0. The number of ether oxygens (including phenoxy) is 1. The molecule has 2 amide bonds. The summed E-state index contributed by atoms with van der Waals surface area (Å²) in [6.07, 6.45) is 5.00. The number of aliphatic hydroxyl groups excluding tert-OH is 1. The number of primary amides is 1. The second-order valence-electron chi connectivity index (χ2n) is 11.2. The second kappa shape index (κ2) is 12.2. The highest BCUT2D eigenvalue weighted by Gasteiger charge is 2.46. The van der Waals surface area contributed by atoms with Crippen molar-refractivity contribution in [2.45, 2.75) is 59.3 Å². The lowest BCUT2D eigenvalue weighted by Gasteiger charge is -2.33. The number of rotatable bonds is 14. The number of hydrogen-bond donors (Lipinski definition) is 3. The Morgan fingerprint density at radius 3 is 2.39 bits per heavy atom. The highest BCUT2D eigenvalue weighted by molar-refractivity contribution is 5.83. The van der Waals surface area contributed by atoms with Gasteiger partial charge in [0.1, 0.15) is 6.61 Å². The third kappa shape index (κ3) is 7.67. The molecule has 2 aliphatic rings. The Labute approximate surface area is 199 Å². The van der Waals surface area contributed by atoms with Gasteiger partial charge in [0.2, 0.25) is 11.8 Å². The fourth-order valence-electron chi connectivity index (χ4n) is 5.93. The van der Waals surface area contributed by atoms with Gasteiger partial charge in [0.15, 0.2) is 0 Å². The van der Waals surface area contributed by atoms with Gasteiger partial charge in [0.05, 0.1) is 12.0 Å². The molecule has 2 aliphatic carbocycles. The molecular weight excluding hydrogens is 422 g/mol. The van der Waals surface area contributed by atoms with E-state index in [9.17, 15) is 14.4 Å². The lowest BCUT2D eigenvalue weighted by Crippen LogP contribution is -2.40. The molecule has 2 fully saturated rings. The van der Waals surface area contributed by atoms with Gasteiger partial charge in [-0.05, 0) is 90.1 Å². The summed E-state index contributed by atoms with van der Waals surface area (Å²) >= 11 is 0. The summed E-state index contributed by atoms with van der Waals surface area (Å²) in [4.78, 5) is 40.1. The van der Waals surface area contributed by atoms with Crippen molar-refractivity contribution in [2.24, 2.45) is 46.7 Å². The minimum Gasteiger partial charge on any atom is -0.464 e. The van der Waals surface area contributed by atoms with Crippen LogP contribution in [0.5, 0.6) is 0 Å². The van der Waals surface area contributed by atoms with Crippen molar-refractivity contribution in [1.29, 1.82) is 0 Å². The minimum absolute atomic E-state index is 0.133. The van der Waals surface area contributed by atoms with E-state index in [0.717, 1.165) is 5.92 Å². The number of amides is 2. The normalized spacial score (nSPS) is 26.3. The zero-order valence-electron chi connectivity index (χ0n) is 21.1. The number of likely N-dealkylation sites (N-methyl/N-ethyl adjacent to an activating group) is 1. The maximum atomic E-state index is 13.0. The van der Waals surface area contributed by atoms with E-state index in [1.165, 1.54) is 19.3 Å². The van der Waals surface area contributed by atoms with Gasteiger partial charge in [0.25, 0.3) is 0 Å². The first kappa shape index (κ1) is 27.6. The predicted octanol–water partition coefficient (Wildman–Crippen LogP) is 1.80. The van der Waals surface area contributed by atoms with Crippen molar-refractivity contribution in [1.82, 2.24) is 10.2 Å². The third-order valence-electron chi connectivity index (χ3n) is 7.93. The van der Waals surface area contributed by atoms with Crippen molar-refractivity contribution in [3.8, 4) is 0 Å². The first-order chi connectivity index (χ1) is 15.5. The van der Waals surface area contributed by atoms with Crippen LogP contribution >= 0.6 is 0 Å². The van der Waals surface area contributed by atoms with Gasteiger partial charge >= 0.3 is 5.97 Å². The number of carbonyl (C=O) groups is 3. The molecule has 6 atom stereocenters. The van der Waals surface area contributed by atoms with E-state index in [4.69, 9.17) is 15.6 Å². The fourth-order valence-corrected chi connectivity index (χ4v) is 5.93. The molecule has 0 aliphatic heterocycles. The van der Waals surface area contributed by atoms with Crippen molar-refractivity contribution < 1.29 is 24.2 Å². The summed E-state index contributed by atoms with van der Waals surface area (Å²) in [6, 6.07) is 0. The molecule has 0 radical (unpaired) electrons. The molecule has 0 spiro atoms. The highest BCUT2D eigenvalue weighted by atomic mass is 16.5. The maximum Gasteiger partial charge on any atom is 0.311 e. The average Bonchev–Trinajstić information content (AvgIpc) is 3.32. The Morgan fingerprint density at radius 2 is 1.85 bits per heavy atom. The van der Waals surface area contributed by atoms with E-state index in [-0.39, 0.29) is 44.0 Å². The van der Waals surface area contributed by atoms with Gasteiger partial charge in [-0.2, -0.15) is 0 Å². The number of nitrogens with one attached hydrogen (secondary N) is 1. The molecular formula is C25H45N3O5. The number of nitrogens with zero attached hydrogens (tertiary/aromatic N) is 1. The summed E-state index contributed by atoms with van der Waals surface area (Å²) in [7, 11) is 3.81. The number of hydrogen-bond acceptors (Lipinski definition) is 6. The topological polar surface area (TPSA) is 122 Å². The monoisotopic (exact) mass is 467 g/mol. The average molecular weight is 468 g/mol. The summed E-state index contributed by atoms with van der Waals surface area (Å²) in [5.74, 6) is 0.455. The first-order valence-electron chi connectivity index (χ1n) is 12.5. The molecule has 0 aromatic heterocycles. The van der Waals surface area contributed by atoms with Gasteiger partial charge in [-0.3, -0.25) is 14.4 Å². The molecule has 33 heavy (non-hydrogen) atoms. The molecule has 2 rings (SSSR count). The van der Waals surface area contributed by atoms with Crippen LogP contribution in [0.2, 0.25) is 0 Å².